The third-order valence-corrected chi connectivity index (χ3v) is 5.91. The van der Waals surface area contributed by atoms with E-state index >= 15 is 0 Å². The van der Waals surface area contributed by atoms with E-state index in [1.54, 1.807) is 13.8 Å². The van der Waals surface area contributed by atoms with E-state index in [-0.39, 0.29) is 18.0 Å². The van der Waals surface area contributed by atoms with Gasteiger partial charge in [0.15, 0.2) is 0 Å². The summed E-state index contributed by atoms with van der Waals surface area (Å²) in [6, 6.07) is -0.251. The molecule has 0 amide bonds. The van der Waals surface area contributed by atoms with Crippen molar-refractivity contribution in [3.63, 3.8) is 0 Å². The first-order valence-electron chi connectivity index (χ1n) is 7.47. The predicted octanol–water partition coefficient (Wildman–Crippen LogP) is 2.90. The van der Waals surface area contributed by atoms with E-state index in [1.807, 2.05) is 36.4 Å². The highest BCUT2D eigenvalue weighted by molar-refractivity contribution is 8.22. The van der Waals surface area contributed by atoms with Crippen LogP contribution in [0.15, 0.2) is 33.9 Å². The van der Waals surface area contributed by atoms with Gasteiger partial charge in [0.1, 0.15) is 10.9 Å². The van der Waals surface area contributed by atoms with Crippen LogP contribution >= 0.6 is 23.5 Å². The van der Waals surface area contributed by atoms with Crippen molar-refractivity contribution in [2.45, 2.75) is 32.1 Å². The minimum Gasteiger partial charge on any atom is -0.465 e. The van der Waals surface area contributed by atoms with Gasteiger partial charge in [-0.25, -0.2) is 4.79 Å². The van der Waals surface area contributed by atoms with Gasteiger partial charge in [0.2, 0.25) is 0 Å². The van der Waals surface area contributed by atoms with Crippen LogP contribution in [0.4, 0.5) is 0 Å². The third-order valence-electron chi connectivity index (χ3n) is 3.42. The van der Waals surface area contributed by atoms with Crippen LogP contribution in [0.3, 0.4) is 0 Å². The van der Waals surface area contributed by atoms with Crippen molar-refractivity contribution in [3.8, 4) is 0 Å². The maximum atomic E-state index is 12.4. The molecule has 2 aliphatic heterocycles. The van der Waals surface area contributed by atoms with Crippen molar-refractivity contribution in [1.82, 2.24) is 4.90 Å². The lowest BCUT2D eigenvalue weighted by Gasteiger charge is -2.40. The van der Waals surface area contributed by atoms with E-state index in [2.05, 4.69) is 0 Å². The Hall–Kier alpha value is -1.34. The molecule has 0 aromatic carbocycles. The number of esters is 2. The van der Waals surface area contributed by atoms with Crippen molar-refractivity contribution in [2.75, 3.05) is 19.5 Å². The lowest BCUT2D eigenvalue weighted by Crippen LogP contribution is -2.47. The molecule has 0 aromatic heterocycles. The fourth-order valence-electron chi connectivity index (χ4n) is 2.45. The van der Waals surface area contributed by atoms with Gasteiger partial charge in [0.25, 0.3) is 0 Å². The first-order valence-corrected chi connectivity index (χ1v) is 9.57. The Morgan fingerprint density at radius 2 is 2.00 bits per heavy atom. The van der Waals surface area contributed by atoms with Gasteiger partial charge in [0, 0.05) is 6.20 Å². The zero-order valence-electron chi connectivity index (χ0n) is 13.7. The van der Waals surface area contributed by atoms with Crippen molar-refractivity contribution in [2.24, 2.45) is 0 Å². The molecular formula is C16H21NO4S2. The van der Waals surface area contributed by atoms with Crippen LogP contribution in [0, 0.1) is 0 Å². The van der Waals surface area contributed by atoms with E-state index in [1.165, 1.54) is 23.5 Å². The van der Waals surface area contributed by atoms with Crippen LogP contribution in [-0.4, -0.2) is 47.6 Å². The van der Waals surface area contributed by atoms with Crippen molar-refractivity contribution < 1.29 is 19.1 Å². The molecular weight excluding hydrogens is 334 g/mol. The van der Waals surface area contributed by atoms with Gasteiger partial charge in [-0.1, -0.05) is 23.4 Å². The summed E-state index contributed by atoms with van der Waals surface area (Å²) in [5.74, 6) is -0.629. The summed E-state index contributed by atoms with van der Waals surface area (Å²) in [6.45, 7) is 6.19. The Morgan fingerprint density at radius 1 is 1.30 bits per heavy atom. The average Bonchev–Trinajstić information content (AvgIpc) is 2.53. The quantitative estimate of drug-likeness (QED) is 0.703. The largest absolute Gasteiger partial charge is 0.465 e. The fourth-order valence-corrected chi connectivity index (χ4v) is 4.57. The molecule has 2 rings (SSSR count). The van der Waals surface area contributed by atoms with Crippen molar-refractivity contribution in [3.05, 3.63) is 33.9 Å². The molecule has 0 fully saturated rings. The smallest absolute Gasteiger partial charge is 0.356 e. The molecule has 0 radical (unpaired) electrons. The Morgan fingerprint density at radius 3 is 2.61 bits per heavy atom. The number of fused-ring (bicyclic) bond motifs is 1. The average molecular weight is 355 g/mol. The van der Waals surface area contributed by atoms with Crippen LogP contribution in [0.2, 0.25) is 0 Å². The number of ether oxygens (including phenoxy) is 2. The highest BCUT2D eigenvalue weighted by Crippen LogP contribution is 2.44. The normalized spacial score (nSPS) is 23.3. The number of carbonyl (C=O) groups excluding carboxylic acids is 2. The molecule has 0 unspecified atom stereocenters. The van der Waals surface area contributed by atoms with Gasteiger partial charge in [-0.15, -0.1) is 11.8 Å². The topological polar surface area (TPSA) is 55.8 Å². The number of nitrogens with zero attached hydrogens (tertiary/aromatic N) is 1. The van der Waals surface area contributed by atoms with Crippen molar-refractivity contribution >= 4 is 35.5 Å². The third kappa shape index (κ3) is 3.77. The second-order valence-electron chi connectivity index (χ2n) is 4.98. The van der Waals surface area contributed by atoms with Gasteiger partial charge >= 0.3 is 11.9 Å². The summed E-state index contributed by atoms with van der Waals surface area (Å²) in [5.41, 5.74) is 1.55. The summed E-state index contributed by atoms with van der Waals surface area (Å²) in [4.78, 5) is 26.6. The first-order chi connectivity index (χ1) is 11.0. The van der Waals surface area contributed by atoms with Crippen molar-refractivity contribution in [1.29, 1.82) is 0 Å². The van der Waals surface area contributed by atoms with E-state index in [9.17, 15) is 9.59 Å². The number of rotatable bonds is 5. The molecule has 23 heavy (non-hydrogen) atoms. The van der Waals surface area contributed by atoms with E-state index in [0.29, 0.717) is 18.9 Å². The highest BCUT2D eigenvalue weighted by atomic mass is 32.2. The maximum absolute atomic E-state index is 12.4. The minimum atomic E-state index is -0.407. The molecule has 5 nitrogen and oxygen atoms in total. The second kappa shape index (κ2) is 7.97. The van der Waals surface area contributed by atoms with Gasteiger partial charge in [0.05, 0.1) is 23.5 Å². The zero-order chi connectivity index (χ0) is 17.0. The van der Waals surface area contributed by atoms with Crippen LogP contribution in [0.1, 0.15) is 20.8 Å². The van der Waals surface area contributed by atoms with Crippen LogP contribution in [0.5, 0.6) is 0 Å². The molecule has 0 N–H and O–H groups in total. The van der Waals surface area contributed by atoms with E-state index < -0.39 is 5.25 Å². The zero-order valence-corrected chi connectivity index (χ0v) is 15.3. The second-order valence-corrected chi connectivity index (χ2v) is 7.20. The standard InChI is InChI=1S/C16H21NO4S2/c1-5-20-14(18)12-16(22-4)23-13(15(19)21-6-2)11-9-10(3)7-8-17(11)12/h7-9,11,13H,5-6H2,1-4H3/t11-,13-/m1/s1. The summed E-state index contributed by atoms with van der Waals surface area (Å²) < 4.78 is 11.2. The summed E-state index contributed by atoms with van der Waals surface area (Å²) in [6.07, 6.45) is 7.64. The SMILES string of the molecule is CCOC(=O)C1=C(SC)S[C@@H](C(=O)OCC)[C@H]2C=C(C)C=CN12. The lowest BCUT2D eigenvalue weighted by molar-refractivity contribution is -0.144. The molecule has 0 bridgehead atoms. The number of thioether (sulfide) groups is 2. The Balaban J connectivity index is 2.44. The molecule has 0 spiro atoms. The first kappa shape index (κ1) is 18.0. The van der Waals surface area contributed by atoms with E-state index in [4.69, 9.17) is 9.47 Å². The molecule has 0 aliphatic carbocycles. The summed E-state index contributed by atoms with van der Waals surface area (Å²) in [7, 11) is 0. The monoisotopic (exact) mass is 355 g/mol. The fraction of sp³-hybridized carbons (Fsp3) is 0.500. The predicted molar refractivity (Wildman–Crippen MR) is 93.7 cm³/mol. The Bertz CT molecular complexity index is 583. The van der Waals surface area contributed by atoms with Gasteiger partial charge in [-0.3, -0.25) is 4.79 Å². The van der Waals surface area contributed by atoms with Gasteiger partial charge in [-0.05, 0) is 33.1 Å². The Kier molecular flexibility index (Phi) is 6.24. The molecule has 2 heterocycles. The molecule has 0 saturated heterocycles. The maximum Gasteiger partial charge on any atom is 0.356 e. The summed E-state index contributed by atoms with van der Waals surface area (Å²) >= 11 is 2.82. The van der Waals surface area contributed by atoms with Crippen LogP contribution in [0.25, 0.3) is 0 Å². The molecule has 126 valence electrons. The molecule has 2 atom stereocenters. The Labute approximate surface area is 145 Å². The van der Waals surface area contributed by atoms with Crippen LogP contribution < -0.4 is 0 Å². The van der Waals surface area contributed by atoms with Gasteiger partial charge < -0.3 is 14.4 Å². The molecule has 0 saturated carbocycles. The molecule has 0 aromatic rings. The number of carbonyl (C=O) groups is 2. The van der Waals surface area contributed by atoms with Crippen LogP contribution in [-0.2, 0) is 19.1 Å². The molecule has 7 heteroatoms. The highest BCUT2D eigenvalue weighted by Gasteiger charge is 2.43. The van der Waals surface area contributed by atoms with Gasteiger partial charge in [-0.2, -0.15) is 0 Å². The number of hydrogen-bond donors (Lipinski definition) is 0. The number of allylic oxidation sites excluding steroid dienone is 2. The minimum absolute atomic E-state index is 0.251. The van der Waals surface area contributed by atoms with E-state index in [0.717, 1.165) is 9.81 Å². The lowest BCUT2D eigenvalue weighted by atomic mass is 10.0. The summed E-state index contributed by atoms with van der Waals surface area (Å²) in [5, 5.41) is -0.407. The number of hydrogen-bond acceptors (Lipinski definition) is 7. The molecule has 2 aliphatic rings.